The van der Waals surface area contributed by atoms with Crippen molar-refractivity contribution in [1.29, 1.82) is 0 Å². The lowest BCUT2D eigenvalue weighted by Crippen LogP contribution is -2.54. The molecule has 1 aromatic rings. The number of hydrogen-bond donors (Lipinski definition) is 3. The Morgan fingerprint density at radius 3 is 2.30 bits per heavy atom. The van der Waals surface area contributed by atoms with Gasteiger partial charge in [0.15, 0.2) is 5.96 Å². The van der Waals surface area contributed by atoms with Gasteiger partial charge in [0.25, 0.3) is 0 Å². The van der Waals surface area contributed by atoms with Gasteiger partial charge in [-0.3, -0.25) is 9.89 Å². The summed E-state index contributed by atoms with van der Waals surface area (Å²) in [6.07, 6.45) is 3.88. The molecule has 0 saturated carbocycles. The number of guanidine groups is 1. The zero-order valence-electron chi connectivity index (χ0n) is 16.9. The fourth-order valence-corrected chi connectivity index (χ4v) is 3.95. The summed E-state index contributed by atoms with van der Waals surface area (Å²) < 4.78 is 25.9. The van der Waals surface area contributed by atoms with E-state index in [-0.39, 0.29) is 10.4 Å². The van der Waals surface area contributed by atoms with Crippen LogP contribution >= 0.6 is 0 Å². The Kier molecular flexibility index (Phi) is 7.64. The summed E-state index contributed by atoms with van der Waals surface area (Å²) in [6, 6.07) is 6.83. The molecule has 27 heavy (non-hydrogen) atoms. The summed E-state index contributed by atoms with van der Waals surface area (Å²) in [4.78, 5) is 7.09. The first-order valence-electron chi connectivity index (χ1n) is 9.50. The van der Waals surface area contributed by atoms with Crippen LogP contribution in [0.25, 0.3) is 0 Å². The van der Waals surface area contributed by atoms with E-state index < -0.39 is 10.0 Å². The van der Waals surface area contributed by atoms with Gasteiger partial charge in [0.05, 0.1) is 4.90 Å². The van der Waals surface area contributed by atoms with Crippen molar-refractivity contribution in [3.63, 3.8) is 0 Å². The summed E-state index contributed by atoms with van der Waals surface area (Å²) >= 11 is 0. The van der Waals surface area contributed by atoms with Gasteiger partial charge in [-0.2, -0.15) is 0 Å². The molecule has 3 N–H and O–H groups in total. The molecule has 0 unspecified atom stereocenters. The molecule has 0 spiro atoms. The maximum absolute atomic E-state index is 11.8. The summed E-state index contributed by atoms with van der Waals surface area (Å²) in [6.45, 7) is 8.22. The summed E-state index contributed by atoms with van der Waals surface area (Å²) in [5.41, 5.74) is 1.06. The van der Waals surface area contributed by atoms with Crippen LogP contribution in [-0.4, -0.2) is 58.5 Å². The molecule has 0 aliphatic carbocycles. The average Bonchev–Trinajstić information content (AvgIpc) is 2.69. The SMILES string of the molecule is CN=C(NCc1ccc(S(=O)(=O)NC)cc1)NCC(C)(C)N1CCCCC1. The maximum atomic E-state index is 11.8. The van der Waals surface area contributed by atoms with Crippen molar-refractivity contribution >= 4 is 16.0 Å². The minimum atomic E-state index is -3.40. The van der Waals surface area contributed by atoms with Crippen molar-refractivity contribution in [2.24, 2.45) is 4.99 Å². The number of benzene rings is 1. The fraction of sp³-hybridized carbons (Fsp3) is 0.632. The number of rotatable bonds is 7. The van der Waals surface area contributed by atoms with Gasteiger partial charge in [-0.25, -0.2) is 13.1 Å². The van der Waals surface area contributed by atoms with Gasteiger partial charge >= 0.3 is 0 Å². The fourth-order valence-electron chi connectivity index (χ4n) is 3.22. The minimum Gasteiger partial charge on any atom is -0.355 e. The number of hydrogen-bond acceptors (Lipinski definition) is 4. The predicted molar refractivity (Wildman–Crippen MR) is 110 cm³/mol. The van der Waals surface area contributed by atoms with E-state index in [1.165, 1.54) is 26.3 Å². The van der Waals surface area contributed by atoms with E-state index in [9.17, 15) is 8.42 Å². The third kappa shape index (κ3) is 6.19. The molecule has 1 heterocycles. The van der Waals surface area contributed by atoms with Gasteiger partial charge in [0.1, 0.15) is 0 Å². The maximum Gasteiger partial charge on any atom is 0.240 e. The van der Waals surface area contributed by atoms with Crippen LogP contribution in [0.3, 0.4) is 0 Å². The van der Waals surface area contributed by atoms with Crippen molar-refractivity contribution < 1.29 is 8.42 Å². The largest absolute Gasteiger partial charge is 0.355 e. The Bertz CT molecular complexity index is 723. The molecular formula is C19H33N5O2S. The Balaban J connectivity index is 1.86. The van der Waals surface area contributed by atoms with Crippen LogP contribution in [0.1, 0.15) is 38.7 Å². The van der Waals surface area contributed by atoms with Gasteiger partial charge in [-0.1, -0.05) is 18.6 Å². The lowest BCUT2D eigenvalue weighted by molar-refractivity contribution is 0.0982. The van der Waals surface area contributed by atoms with Gasteiger partial charge in [0.2, 0.25) is 10.0 Å². The quantitative estimate of drug-likeness (QED) is 0.481. The standard InChI is InChI=1S/C19H33N5O2S/c1-19(2,24-12-6-5-7-13-24)15-23-18(20-3)22-14-16-8-10-17(11-9-16)27(25,26)21-4/h8-11,21H,5-7,12-15H2,1-4H3,(H2,20,22,23). The van der Waals surface area contributed by atoms with Crippen molar-refractivity contribution in [2.45, 2.75) is 50.1 Å². The third-order valence-electron chi connectivity index (χ3n) is 5.09. The van der Waals surface area contributed by atoms with Crippen LogP contribution in [0.15, 0.2) is 34.2 Å². The zero-order chi connectivity index (χ0) is 19.9. The van der Waals surface area contributed by atoms with Crippen LogP contribution in [0.5, 0.6) is 0 Å². The molecule has 7 nitrogen and oxygen atoms in total. The third-order valence-corrected chi connectivity index (χ3v) is 6.52. The lowest BCUT2D eigenvalue weighted by Gasteiger charge is -2.41. The number of nitrogens with one attached hydrogen (secondary N) is 3. The smallest absolute Gasteiger partial charge is 0.240 e. The molecule has 1 saturated heterocycles. The van der Waals surface area contributed by atoms with E-state index in [0.717, 1.165) is 31.2 Å². The zero-order valence-corrected chi connectivity index (χ0v) is 17.7. The predicted octanol–water partition coefficient (Wildman–Crippen LogP) is 1.52. The monoisotopic (exact) mass is 395 g/mol. The van der Waals surface area contributed by atoms with E-state index in [1.54, 1.807) is 19.2 Å². The number of nitrogens with zero attached hydrogens (tertiary/aromatic N) is 2. The Morgan fingerprint density at radius 1 is 1.11 bits per heavy atom. The van der Waals surface area contributed by atoms with Gasteiger partial charge in [-0.05, 0) is 64.5 Å². The van der Waals surface area contributed by atoms with Crippen molar-refractivity contribution in [3.05, 3.63) is 29.8 Å². The van der Waals surface area contributed by atoms with Crippen molar-refractivity contribution in [2.75, 3.05) is 33.7 Å². The second-order valence-corrected chi connectivity index (χ2v) is 9.38. The lowest BCUT2D eigenvalue weighted by atomic mass is 9.98. The van der Waals surface area contributed by atoms with Crippen LogP contribution in [0, 0.1) is 0 Å². The molecule has 1 aromatic carbocycles. The van der Waals surface area contributed by atoms with Crippen molar-refractivity contribution in [3.8, 4) is 0 Å². The Labute approximate surface area is 163 Å². The molecule has 0 radical (unpaired) electrons. The first-order valence-corrected chi connectivity index (χ1v) is 11.0. The van der Waals surface area contributed by atoms with Crippen LogP contribution in [0.2, 0.25) is 0 Å². The summed E-state index contributed by atoms with van der Waals surface area (Å²) in [5, 5.41) is 6.70. The van der Waals surface area contributed by atoms with Crippen molar-refractivity contribution in [1.82, 2.24) is 20.3 Å². The molecule has 0 bridgehead atoms. The van der Waals surface area contributed by atoms with Crippen LogP contribution < -0.4 is 15.4 Å². The van der Waals surface area contributed by atoms with E-state index >= 15 is 0 Å². The molecule has 0 aromatic heterocycles. The molecular weight excluding hydrogens is 362 g/mol. The van der Waals surface area contributed by atoms with Gasteiger partial charge < -0.3 is 10.6 Å². The average molecular weight is 396 g/mol. The highest BCUT2D eigenvalue weighted by molar-refractivity contribution is 7.89. The second-order valence-electron chi connectivity index (χ2n) is 7.49. The number of sulfonamides is 1. The second kappa shape index (κ2) is 9.52. The van der Waals surface area contributed by atoms with E-state index in [1.807, 2.05) is 12.1 Å². The molecule has 2 rings (SSSR count). The Hall–Kier alpha value is -1.64. The summed E-state index contributed by atoms with van der Waals surface area (Å²) in [5.74, 6) is 0.743. The van der Waals surface area contributed by atoms with Gasteiger partial charge in [-0.15, -0.1) is 0 Å². The van der Waals surface area contributed by atoms with E-state index in [0.29, 0.717) is 6.54 Å². The topological polar surface area (TPSA) is 85.8 Å². The molecule has 8 heteroatoms. The molecule has 1 aliphatic heterocycles. The van der Waals surface area contributed by atoms with E-state index in [4.69, 9.17) is 0 Å². The normalized spacial score (nSPS) is 17.0. The van der Waals surface area contributed by atoms with E-state index in [2.05, 4.69) is 39.1 Å². The summed E-state index contributed by atoms with van der Waals surface area (Å²) in [7, 11) is -0.233. The molecule has 152 valence electrons. The highest BCUT2D eigenvalue weighted by Gasteiger charge is 2.27. The van der Waals surface area contributed by atoms with Crippen LogP contribution in [0.4, 0.5) is 0 Å². The van der Waals surface area contributed by atoms with Crippen LogP contribution in [-0.2, 0) is 16.6 Å². The highest BCUT2D eigenvalue weighted by Crippen LogP contribution is 2.19. The number of piperidine rings is 1. The Morgan fingerprint density at radius 2 is 1.74 bits per heavy atom. The highest BCUT2D eigenvalue weighted by atomic mass is 32.2. The molecule has 1 fully saturated rings. The first kappa shape index (κ1) is 21.7. The van der Waals surface area contributed by atoms with Gasteiger partial charge in [0, 0.05) is 25.7 Å². The molecule has 1 aliphatic rings. The molecule has 0 atom stereocenters. The number of aliphatic imine (C=N–C) groups is 1. The number of likely N-dealkylation sites (tertiary alicyclic amines) is 1. The molecule has 0 amide bonds. The first-order chi connectivity index (χ1) is 12.8. The minimum absolute atomic E-state index is 0.0706.